The number of carboxylic acid groups (broad SMARTS) is 1. The first-order valence-corrected chi connectivity index (χ1v) is 10.5. The number of ether oxygens (including phenoxy) is 1. The van der Waals surface area contributed by atoms with Crippen molar-refractivity contribution in [2.75, 3.05) is 20.3 Å². The van der Waals surface area contributed by atoms with E-state index in [1.54, 1.807) is 6.92 Å². The number of alkyl carbamates (subject to hydrolysis) is 1. The van der Waals surface area contributed by atoms with Gasteiger partial charge in [0, 0.05) is 13.0 Å². The van der Waals surface area contributed by atoms with Crippen molar-refractivity contribution in [2.45, 2.75) is 38.1 Å². The van der Waals surface area contributed by atoms with Crippen LogP contribution < -0.4 is 5.32 Å². The lowest BCUT2D eigenvalue weighted by molar-refractivity contribution is -0.191. The summed E-state index contributed by atoms with van der Waals surface area (Å²) in [5.74, 6) is -1.86. The number of rotatable bonds is 9. The van der Waals surface area contributed by atoms with Gasteiger partial charge in [-0.05, 0) is 35.6 Å². The number of benzene rings is 2. The SMILES string of the molecule is CCCC(C)(NC(=O)OCC1c2ccccc2-c2ccccc21)C(=O)N(C)OCC(=O)O. The van der Waals surface area contributed by atoms with Crippen molar-refractivity contribution >= 4 is 18.0 Å². The molecule has 8 nitrogen and oxygen atoms in total. The Labute approximate surface area is 187 Å². The lowest BCUT2D eigenvalue weighted by atomic mass is 9.95. The number of carbonyl (C=O) groups is 3. The molecule has 32 heavy (non-hydrogen) atoms. The Morgan fingerprint density at radius 3 is 2.16 bits per heavy atom. The van der Waals surface area contributed by atoms with E-state index in [1.807, 2.05) is 43.3 Å². The zero-order valence-corrected chi connectivity index (χ0v) is 18.5. The van der Waals surface area contributed by atoms with E-state index >= 15 is 0 Å². The van der Waals surface area contributed by atoms with Crippen molar-refractivity contribution in [1.29, 1.82) is 0 Å². The smallest absolute Gasteiger partial charge is 0.408 e. The zero-order chi connectivity index (χ0) is 23.3. The standard InChI is InChI=1S/C24H28N2O6/c1-4-13-24(2,22(29)26(3)32-15-21(27)28)25-23(30)31-14-20-18-11-7-5-9-16(18)17-10-6-8-12-19(17)20/h5-12,20H,4,13-15H2,1-3H3,(H,25,30)(H,27,28). The second-order valence-corrected chi connectivity index (χ2v) is 8.00. The van der Waals surface area contributed by atoms with Gasteiger partial charge in [0.25, 0.3) is 5.91 Å². The summed E-state index contributed by atoms with van der Waals surface area (Å²) in [5, 5.41) is 12.3. The third-order valence-corrected chi connectivity index (χ3v) is 5.61. The summed E-state index contributed by atoms with van der Waals surface area (Å²) in [7, 11) is 1.32. The maximum absolute atomic E-state index is 12.8. The van der Waals surface area contributed by atoms with Crippen LogP contribution in [0.2, 0.25) is 0 Å². The van der Waals surface area contributed by atoms with E-state index in [1.165, 1.54) is 7.05 Å². The summed E-state index contributed by atoms with van der Waals surface area (Å²) >= 11 is 0. The predicted molar refractivity (Wildman–Crippen MR) is 118 cm³/mol. The number of aliphatic carboxylic acids is 1. The average molecular weight is 440 g/mol. The van der Waals surface area contributed by atoms with Crippen LogP contribution in [0.3, 0.4) is 0 Å². The number of carboxylic acids is 1. The number of hydrogen-bond donors (Lipinski definition) is 2. The number of hydroxylamine groups is 2. The van der Waals surface area contributed by atoms with Crippen LogP contribution in [0.4, 0.5) is 4.79 Å². The molecule has 2 aromatic rings. The largest absolute Gasteiger partial charge is 0.479 e. The molecule has 1 aliphatic rings. The number of amides is 2. The summed E-state index contributed by atoms with van der Waals surface area (Å²) in [4.78, 5) is 41.2. The van der Waals surface area contributed by atoms with Gasteiger partial charge in [0.05, 0.1) is 0 Å². The highest BCUT2D eigenvalue weighted by Gasteiger charge is 2.38. The molecule has 0 bridgehead atoms. The Morgan fingerprint density at radius 1 is 1.06 bits per heavy atom. The van der Waals surface area contributed by atoms with Gasteiger partial charge in [0.2, 0.25) is 0 Å². The number of likely N-dealkylation sites (N-methyl/N-ethyl adjacent to an activating group) is 1. The second-order valence-electron chi connectivity index (χ2n) is 8.00. The van der Waals surface area contributed by atoms with Crippen molar-refractivity contribution in [3.8, 4) is 11.1 Å². The lowest BCUT2D eigenvalue weighted by Crippen LogP contribution is -2.57. The van der Waals surface area contributed by atoms with Gasteiger partial charge in [0.15, 0.2) is 6.61 Å². The summed E-state index contributed by atoms with van der Waals surface area (Å²) in [6.07, 6.45) is 0.220. The van der Waals surface area contributed by atoms with Crippen LogP contribution in [-0.2, 0) is 19.2 Å². The third kappa shape index (κ3) is 4.91. The van der Waals surface area contributed by atoms with Gasteiger partial charge in [-0.2, -0.15) is 0 Å². The van der Waals surface area contributed by atoms with Gasteiger partial charge in [-0.15, -0.1) is 0 Å². The van der Waals surface area contributed by atoms with Crippen molar-refractivity contribution < 1.29 is 29.1 Å². The van der Waals surface area contributed by atoms with Crippen molar-refractivity contribution in [3.05, 3.63) is 59.7 Å². The summed E-state index contributed by atoms with van der Waals surface area (Å²) in [5.41, 5.74) is 3.14. The molecule has 8 heteroatoms. The first kappa shape index (κ1) is 23.3. The number of carbonyl (C=O) groups excluding carboxylic acids is 2. The van der Waals surface area contributed by atoms with Crippen LogP contribution in [0.1, 0.15) is 43.7 Å². The van der Waals surface area contributed by atoms with Crippen molar-refractivity contribution in [1.82, 2.24) is 10.4 Å². The van der Waals surface area contributed by atoms with E-state index in [2.05, 4.69) is 17.4 Å². The fraction of sp³-hybridized carbons (Fsp3) is 0.375. The van der Waals surface area contributed by atoms with Crippen LogP contribution >= 0.6 is 0 Å². The molecule has 0 aliphatic heterocycles. The molecular formula is C24H28N2O6. The van der Waals surface area contributed by atoms with E-state index < -0.39 is 30.1 Å². The van der Waals surface area contributed by atoms with Crippen molar-refractivity contribution in [3.63, 3.8) is 0 Å². The molecule has 0 saturated carbocycles. The fourth-order valence-corrected chi connectivity index (χ4v) is 4.14. The minimum absolute atomic E-state index is 0.0946. The molecule has 0 heterocycles. The Balaban J connectivity index is 1.68. The normalized spacial score (nSPS) is 14.1. The Kier molecular flexibility index (Phi) is 7.15. The minimum atomic E-state index is -1.30. The molecule has 1 unspecified atom stereocenters. The first-order valence-electron chi connectivity index (χ1n) is 10.5. The molecule has 1 atom stereocenters. The fourth-order valence-electron chi connectivity index (χ4n) is 4.14. The number of nitrogens with zero attached hydrogens (tertiary/aromatic N) is 1. The Bertz CT molecular complexity index is 962. The number of fused-ring (bicyclic) bond motifs is 3. The van der Waals surface area contributed by atoms with Gasteiger partial charge >= 0.3 is 12.1 Å². The van der Waals surface area contributed by atoms with Gasteiger partial charge in [-0.3, -0.25) is 9.63 Å². The van der Waals surface area contributed by atoms with Crippen LogP contribution in [0, 0.1) is 0 Å². The maximum Gasteiger partial charge on any atom is 0.408 e. The van der Waals surface area contributed by atoms with E-state index in [0.717, 1.165) is 27.3 Å². The van der Waals surface area contributed by atoms with Crippen LogP contribution in [0.15, 0.2) is 48.5 Å². The third-order valence-electron chi connectivity index (χ3n) is 5.61. The molecular weight excluding hydrogens is 412 g/mol. The Hall–Kier alpha value is -3.39. The highest BCUT2D eigenvalue weighted by atomic mass is 16.7. The molecule has 2 aromatic carbocycles. The number of nitrogens with one attached hydrogen (secondary N) is 1. The summed E-state index contributed by atoms with van der Waals surface area (Å²) in [6, 6.07) is 16.0. The lowest BCUT2D eigenvalue weighted by Gasteiger charge is -2.32. The monoisotopic (exact) mass is 440 g/mol. The molecule has 0 spiro atoms. The minimum Gasteiger partial charge on any atom is -0.479 e. The molecule has 0 saturated heterocycles. The summed E-state index contributed by atoms with van der Waals surface area (Å²) < 4.78 is 5.55. The molecule has 3 rings (SSSR count). The predicted octanol–water partition coefficient (Wildman–Crippen LogP) is 3.56. The van der Waals surface area contributed by atoms with Gasteiger partial charge in [-0.25, -0.2) is 14.7 Å². The van der Waals surface area contributed by atoms with Gasteiger partial charge in [0.1, 0.15) is 12.1 Å². The molecule has 0 fully saturated rings. The molecule has 1 aliphatic carbocycles. The molecule has 0 radical (unpaired) electrons. The number of hydrogen-bond acceptors (Lipinski definition) is 5. The molecule has 170 valence electrons. The van der Waals surface area contributed by atoms with E-state index in [9.17, 15) is 14.4 Å². The molecule has 0 aromatic heterocycles. The quantitative estimate of drug-likeness (QED) is 0.578. The molecule has 2 N–H and O–H groups in total. The van der Waals surface area contributed by atoms with Crippen LogP contribution in [-0.4, -0.2) is 53.9 Å². The van der Waals surface area contributed by atoms with Crippen molar-refractivity contribution in [2.24, 2.45) is 0 Å². The van der Waals surface area contributed by atoms with E-state index in [-0.39, 0.29) is 12.5 Å². The van der Waals surface area contributed by atoms with Gasteiger partial charge < -0.3 is 15.2 Å². The zero-order valence-electron chi connectivity index (χ0n) is 18.5. The average Bonchev–Trinajstić information content (AvgIpc) is 3.09. The van der Waals surface area contributed by atoms with Crippen LogP contribution in [0.25, 0.3) is 11.1 Å². The Morgan fingerprint density at radius 2 is 1.62 bits per heavy atom. The first-order chi connectivity index (χ1) is 15.3. The van der Waals surface area contributed by atoms with E-state index in [0.29, 0.717) is 12.8 Å². The maximum atomic E-state index is 12.8. The van der Waals surface area contributed by atoms with E-state index in [4.69, 9.17) is 14.7 Å². The topological polar surface area (TPSA) is 105 Å². The molecule has 2 amide bonds. The highest BCUT2D eigenvalue weighted by molar-refractivity contribution is 5.89. The van der Waals surface area contributed by atoms with Gasteiger partial charge in [-0.1, -0.05) is 61.9 Å². The second kappa shape index (κ2) is 9.82. The highest BCUT2D eigenvalue weighted by Crippen LogP contribution is 2.44. The van der Waals surface area contributed by atoms with Crippen LogP contribution in [0.5, 0.6) is 0 Å². The summed E-state index contributed by atoms with van der Waals surface area (Å²) in [6.45, 7) is 2.92.